The van der Waals surface area contributed by atoms with Crippen molar-refractivity contribution in [3.05, 3.63) is 35.9 Å². The average Bonchev–Trinajstić information content (AvgIpc) is 2.28. The van der Waals surface area contributed by atoms with Crippen molar-refractivity contribution in [2.24, 2.45) is 0 Å². The highest BCUT2D eigenvalue weighted by Crippen LogP contribution is 2.21. The van der Waals surface area contributed by atoms with E-state index in [0.29, 0.717) is 6.42 Å². The molecule has 0 atom stereocenters. The third kappa shape index (κ3) is 5.35. The van der Waals surface area contributed by atoms with Gasteiger partial charge in [-0.3, -0.25) is 4.18 Å². The third-order valence-corrected chi connectivity index (χ3v) is 3.02. The van der Waals surface area contributed by atoms with E-state index in [0.717, 1.165) is 11.8 Å². The predicted octanol–water partition coefficient (Wildman–Crippen LogP) is 2.33. The predicted molar refractivity (Wildman–Crippen MR) is 72.7 cm³/mol. The van der Waals surface area contributed by atoms with E-state index in [1.54, 1.807) is 0 Å². The third-order valence-electron chi connectivity index (χ3n) is 2.42. The topological polar surface area (TPSA) is 43.4 Å². The molecule has 4 heteroatoms. The van der Waals surface area contributed by atoms with Crippen LogP contribution in [0.4, 0.5) is 0 Å². The van der Waals surface area contributed by atoms with Gasteiger partial charge in [0.15, 0.2) is 0 Å². The Kier molecular flexibility index (Phi) is 4.94. The van der Waals surface area contributed by atoms with Crippen LogP contribution >= 0.6 is 0 Å². The normalized spacial score (nSPS) is 11.7. The average molecular weight is 266 g/mol. The van der Waals surface area contributed by atoms with E-state index in [9.17, 15) is 8.42 Å². The van der Waals surface area contributed by atoms with Crippen LogP contribution in [0.3, 0.4) is 0 Å². The lowest BCUT2D eigenvalue weighted by molar-refractivity contribution is 0.330. The summed E-state index contributed by atoms with van der Waals surface area (Å²) < 4.78 is 26.1. The summed E-state index contributed by atoms with van der Waals surface area (Å²) in [5.74, 6) is 6.09. The molecule has 0 radical (unpaired) electrons. The first kappa shape index (κ1) is 14.7. The fourth-order valence-corrected chi connectivity index (χ4v) is 1.84. The van der Waals surface area contributed by atoms with Crippen molar-refractivity contribution in [2.75, 3.05) is 12.9 Å². The van der Waals surface area contributed by atoms with Gasteiger partial charge < -0.3 is 0 Å². The smallest absolute Gasteiger partial charge is 0.264 e. The minimum Gasteiger partial charge on any atom is -0.269 e. The monoisotopic (exact) mass is 266 g/mol. The summed E-state index contributed by atoms with van der Waals surface area (Å²) in [6.07, 6.45) is 1.44. The van der Waals surface area contributed by atoms with Crippen LogP contribution < -0.4 is 0 Å². The lowest BCUT2D eigenvalue weighted by atomic mass is 9.85. The second-order valence-corrected chi connectivity index (χ2v) is 6.21. The molecule has 0 amide bonds. The molecular weight excluding hydrogens is 248 g/mol. The second-order valence-electron chi connectivity index (χ2n) is 4.57. The van der Waals surface area contributed by atoms with Crippen molar-refractivity contribution in [3.63, 3.8) is 0 Å². The molecule has 0 bridgehead atoms. The van der Waals surface area contributed by atoms with E-state index in [4.69, 9.17) is 0 Å². The lowest BCUT2D eigenvalue weighted by Gasteiger charge is -2.17. The van der Waals surface area contributed by atoms with Crippen molar-refractivity contribution in [1.29, 1.82) is 0 Å². The summed E-state index contributed by atoms with van der Waals surface area (Å²) >= 11 is 0. The van der Waals surface area contributed by atoms with Crippen molar-refractivity contribution < 1.29 is 12.6 Å². The Balaban J connectivity index is 2.57. The van der Waals surface area contributed by atoms with Gasteiger partial charge >= 0.3 is 0 Å². The molecule has 1 rings (SSSR count). The molecule has 0 saturated carbocycles. The van der Waals surface area contributed by atoms with Crippen LogP contribution in [0.1, 0.15) is 25.8 Å². The van der Waals surface area contributed by atoms with E-state index in [-0.39, 0.29) is 12.0 Å². The molecule has 0 aliphatic carbocycles. The van der Waals surface area contributed by atoms with Gasteiger partial charge in [0.1, 0.15) is 0 Å². The Morgan fingerprint density at radius 1 is 1.22 bits per heavy atom. The van der Waals surface area contributed by atoms with Gasteiger partial charge in [0.25, 0.3) is 10.1 Å². The van der Waals surface area contributed by atoms with Crippen molar-refractivity contribution in [1.82, 2.24) is 0 Å². The zero-order chi connectivity index (χ0) is 13.6. The quantitative estimate of drug-likeness (QED) is 0.477. The number of hydrogen-bond donors (Lipinski definition) is 0. The van der Waals surface area contributed by atoms with Crippen LogP contribution in [0.15, 0.2) is 30.3 Å². The Hall–Kier alpha value is -1.31. The van der Waals surface area contributed by atoms with Crippen LogP contribution in [0.25, 0.3) is 0 Å². The molecule has 98 valence electrons. The molecular formula is C14H18O3S. The first-order valence-corrected chi connectivity index (χ1v) is 7.53. The van der Waals surface area contributed by atoms with E-state index in [1.807, 2.05) is 44.2 Å². The molecule has 0 N–H and O–H groups in total. The fraction of sp³-hybridized carbons (Fsp3) is 0.429. The van der Waals surface area contributed by atoms with Gasteiger partial charge in [-0.15, -0.1) is 0 Å². The van der Waals surface area contributed by atoms with Gasteiger partial charge in [-0.2, -0.15) is 8.42 Å². The fourth-order valence-electron chi connectivity index (χ4n) is 1.45. The number of hydrogen-bond acceptors (Lipinski definition) is 3. The molecule has 0 spiro atoms. The Labute approximate surface area is 109 Å². The minimum absolute atomic E-state index is 0.108. The van der Waals surface area contributed by atoms with Crippen LogP contribution in [0.2, 0.25) is 0 Å². The zero-order valence-corrected chi connectivity index (χ0v) is 11.8. The number of benzene rings is 1. The molecule has 3 nitrogen and oxygen atoms in total. The summed E-state index contributed by atoms with van der Waals surface area (Å²) in [4.78, 5) is 0. The molecule has 18 heavy (non-hydrogen) atoms. The van der Waals surface area contributed by atoms with E-state index >= 15 is 0 Å². The van der Waals surface area contributed by atoms with Gasteiger partial charge in [0, 0.05) is 6.42 Å². The van der Waals surface area contributed by atoms with Gasteiger partial charge in [-0.05, 0) is 19.4 Å². The summed E-state index contributed by atoms with van der Waals surface area (Å²) in [7, 11) is -3.36. The zero-order valence-electron chi connectivity index (χ0n) is 10.9. The molecule has 0 fully saturated rings. The summed E-state index contributed by atoms with van der Waals surface area (Å²) in [6.45, 7) is 4.18. The maximum Gasteiger partial charge on any atom is 0.264 e. The maximum absolute atomic E-state index is 10.7. The highest BCUT2D eigenvalue weighted by atomic mass is 32.2. The molecule has 0 aromatic heterocycles. The van der Waals surface area contributed by atoms with E-state index < -0.39 is 10.1 Å². The first-order valence-electron chi connectivity index (χ1n) is 5.71. The van der Waals surface area contributed by atoms with Crippen LogP contribution in [0.5, 0.6) is 0 Å². The van der Waals surface area contributed by atoms with Gasteiger partial charge in [-0.25, -0.2) is 0 Å². The summed E-state index contributed by atoms with van der Waals surface area (Å²) in [5.41, 5.74) is 0.897. The molecule has 0 saturated heterocycles. The van der Waals surface area contributed by atoms with Crippen LogP contribution in [0, 0.1) is 11.8 Å². The molecule has 0 aliphatic rings. The number of rotatable bonds is 4. The Bertz CT molecular complexity index is 533. The molecule has 1 aromatic rings. The molecule has 0 unspecified atom stereocenters. The van der Waals surface area contributed by atoms with Crippen molar-refractivity contribution in [3.8, 4) is 11.8 Å². The standard InChI is InChI=1S/C14H18O3S/c1-14(2,13-9-5-4-6-10-13)11-7-8-12-17-18(3,15)16/h4-6,9-10H,8,12H2,1-3H3. The lowest BCUT2D eigenvalue weighted by Crippen LogP contribution is -2.14. The highest BCUT2D eigenvalue weighted by Gasteiger charge is 2.16. The Morgan fingerprint density at radius 2 is 1.83 bits per heavy atom. The van der Waals surface area contributed by atoms with E-state index in [2.05, 4.69) is 16.0 Å². The highest BCUT2D eigenvalue weighted by molar-refractivity contribution is 7.85. The molecule has 0 aliphatic heterocycles. The van der Waals surface area contributed by atoms with Gasteiger partial charge in [0.2, 0.25) is 0 Å². The van der Waals surface area contributed by atoms with Crippen molar-refractivity contribution >= 4 is 10.1 Å². The second kappa shape index (κ2) is 6.03. The first-order chi connectivity index (χ1) is 8.31. The summed E-state index contributed by atoms with van der Waals surface area (Å²) in [5, 5.41) is 0. The van der Waals surface area contributed by atoms with Gasteiger partial charge in [-0.1, -0.05) is 42.2 Å². The van der Waals surface area contributed by atoms with Crippen LogP contribution in [-0.4, -0.2) is 21.3 Å². The van der Waals surface area contributed by atoms with Crippen molar-refractivity contribution in [2.45, 2.75) is 25.7 Å². The van der Waals surface area contributed by atoms with E-state index in [1.165, 1.54) is 0 Å². The maximum atomic E-state index is 10.7. The van der Waals surface area contributed by atoms with Crippen LogP contribution in [-0.2, 0) is 19.7 Å². The minimum atomic E-state index is -3.36. The molecule has 0 heterocycles. The Morgan fingerprint density at radius 3 is 2.39 bits per heavy atom. The SMILES string of the molecule is CC(C)(C#CCCOS(C)(=O)=O)c1ccccc1. The molecule has 1 aromatic carbocycles. The largest absolute Gasteiger partial charge is 0.269 e. The summed E-state index contributed by atoms with van der Waals surface area (Å²) in [6, 6.07) is 9.98. The van der Waals surface area contributed by atoms with Gasteiger partial charge in [0.05, 0.1) is 18.3 Å².